The molecule has 1 aromatic rings. The van der Waals surface area contributed by atoms with Gasteiger partial charge in [0.1, 0.15) is 11.6 Å². The molecule has 1 fully saturated rings. The summed E-state index contributed by atoms with van der Waals surface area (Å²) >= 11 is 0. The minimum absolute atomic E-state index is 0.0218. The monoisotopic (exact) mass is 251 g/mol. The molecule has 0 aromatic carbocycles. The third-order valence-electron chi connectivity index (χ3n) is 3.22. The molecule has 0 amide bonds. The maximum Gasteiger partial charge on any atom is 0.276 e. The number of nitrogens with two attached hydrogens (primary N) is 1. The summed E-state index contributed by atoms with van der Waals surface area (Å²) in [6.45, 7) is 2.20. The van der Waals surface area contributed by atoms with Crippen molar-refractivity contribution in [3.63, 3.8) is 0 Å². The Bertz CT molecular complexity index is 451. The number of nitro groups is 1. The van der Waals surface area contributed by atoms with Crippen LogP contribution in [-0.4, -0.2) is 15.9 Å². The first kappa shape index (κ1) is 12.6. The number of hydrogen-bond acceptors (Lipinski definition) is 6. The summed E-state index contributed by atoms with van der Waals surface area (Å²) in [6.07, 6.45) is 3.31. The topological polar surface area (TPSA) is 106 Å². The van der Waals surface area contributed by atoms with E-state index in [2.05, 4.69) is 22.7 Å². The highest BCUT2D eigenvalue weighted by molar-refractivity contribution is 5.54. The second kappa shape index (κ2) is 5.18. The maximum atomic E-state index is 10.8. The van der Waals surface area contributed by atoms with Crippen LogP contribution in [0.15, 0.2) is 12.1 Å². The van der Waals surface area contributed by atoms with Crippen molar-refractivity contribution in [1.82, 2.24) is 4.98 Å². The van der Waals surface area contributed by atoms with E-state index in [4.69, 9.17) is 5.84 Å². The van der Waals surface area contributed by atoms with Gasteiger partial charge in [-0.2, -0.15) is 0 Å². The molecule has 18 heavy (non-hydrogen) atoms. The summed E-state index contributed by atoms with van der Waals surface area (Å²) in [7, 11) is 0. The molecular formula is C11H17N5O2. The molecule has 4 N–H and O–H groups in total. The molecule has 1 aromatic heterocycles. The smallest absolute Gasteiger partial charge is 0.276 e. The summed E-state index contributed by atoms with van der Waals surface area (Å²) in [6, 6.07) is 3.08. The number of rotatable bonds is 4. The Morgan fingerprint density at radius 1 is 1.44 bits per heavy atom. The number of hydrazine groups is 1. The average molecular weight is 251 g/mol. The van der Waals surface area contributed by atoms with Crippen LogP contribution in [0.5, 0.6) is 0 Å². The number of pyridine rings is 1. The van der Waals surface area contributed by atoms with Gasteiger partial charge in [0.25, 0.3) is 5.69 Å². The number of hydrogen-bond donors (Lipinski definition) is 3. The van der Waals surface area contributed by atoms with E-state index in [1.54, 1.807) is 0 Å². The van der Waals surface area contributed by atoms with Crippen molar-refractivity contribution in [2.45, 2.75) is 32.2 Å². The summed E-state index contributed by atoms with van der Waals surface area (Å²) in [5, 5.41) is 14.0. The van der Waals surface area contributed by atoms with Crippen LogP contribution in [0, 0.1) is 16.0 Å². The van der Waals surface area contributed by atoms with Crippen LogP contribution in [0.1, 0.15) is 26.2 Å². The van der Waals surface area contributed by atoms with E-state index in [1.807, 2.05) is 0 Å². The Kier molecular flexibility index (Phi) is 3.61. The predicted octanol–water partition coefficient (Wildman–Crippen LogP) is 1.88. The fraction of sp³-hybridized carbons (Fsp3) is 0.545. The largest absolute Gasteiger partial charge is 0.367 e. The molecule has 2 unspecified atom stereocenters. The Morgan fingerprint density at radius 3 is 2.72 bits per heavy atom. The molecule has 0 radical (unpaired) electrons. The minimum Gasteiger partial charge on any atom is -0.367 e. The van der Waals surface area contributed by atoms with Gasteiger partial charge in [-0.25, -0.2) is 10.8 Å². The van der Waals surface area contributed by atoms with E-state index in [0.29, 0.717) is 17.8 Å². The first-order valence-electron chi connectivity index (χ1n) is 5.98. The van der Waals surface area contributed by atoms with Gasteiger partial charge in [0, 0.05) is 6.04 Å². The molecule has 0 bridgehead atoms. The molecule has 2 rings (SSSR count). The predicted molar refractivity (Wildman–Crippen MR) is 69.1 cm³/mol. The number of anilines is 2. The zero-order valence-corrected chi connectivity index (χ0v) is 10.2. The van der Waals surface area contributed by atoms with Crippen LogP contribution < -0.4 is 16.6 Å². The Balaban J connectivity index is 2.16. The fourth-order valence-corrected chi connectivity index (χ4v) is 2.32. The zero-order valence-electron chi connectivity index (χ0n) is 10.2. The van der Waals surface area contributed by atoms with Gasteiger partial charge in [0.05, 0.1) is 17.1 Å². The average Bonchev–Trinajstić information content (AvgIpc) is 2.74. The van der Waals surface area contributed by atoms with Crippen molar-refractivity contribution in [1.29, 1.82) is 0 Å². The zero-order chi connectivity index (χ0) is 13.1. The van der Waals surface area contributed by atoms with Gasteiger partial charge < -0.3 is 10.7 Å². The Morgan fingerprint density at radius 2 is 2.17 bits per heavy atom. The summed E-state index contributed by atoms with van der Waals surface area (Å²) in [5.41, 5.74) is 2.32. The van der Waals surface area contributed by atoms with E-state index in [9.17, 15) is 10.1 Å². The highest BCUT2D eigenvalue weighted by Crippen LogP contribution is 2.28. The standard InChI is InChI=1S/C11H17N5O2/c1-7-2-3-8(4-7)13-10-5-9(16(17)18)6-11(14-10)15-12/h5-8H,2-4,12H2,1H3,(H2,13,14,15). The van der Waals surface area contributed by atoms with Gasteiger partial charge in [-0.15, -0.1) is 0 Å². The number of nitrogens with one attached hydrogen (secondary N) is 2. The molecule has 1 saturated carbocycles. The molecule has 1 aliphatic carbocycles. The lowest BCUT2D eigenvalue weighted by Crippen LogP contribution is -2.17. The maximum absolute atomic E-state index is 10.8. The second-order valence-electron chi connectivity index (χ2n) is 4.76. The number of nitrogens with zero attached hydrogens (tertiary/aromatic N) is 2. The second-order valence-corrected chi connectivity index (χ2v) is 4.76. The van der Waals surface area contributed by atoms with E-state index in [1.165, 1.54) is 18.6 Å². The van der Waals surface area contributed by atoms with E-state index < -0.39 is 4.92 Å². The van der Waals surface area contributed by atoms with Crippen LogP contribution in [0.4, 0.5) is 17.3 Å². The van der Waals surface area contributed by atoms with Gasteiger partial charge >= 0.3 is 0 Å². The molecular weight excluding hydrogens is 234 g/mol. The third kappa shape index (κ3) is 2.86. The van der Waals surface area contributed by atoms with Gasteiger partial charge in [0.15, 0.2) is 0 Å². The minimum atomic E-state index is -0.453. The highest BCUT2D eigenvalue weighted by atomic mass is 16.6. The lowest BCUT2D eigenvalue weighted by molar-refractivity contribution is -0.384. The lowest BCUT2D eigenvalue weighted by Gasteiger charge is -2.13. The normalized spacial score (nSPS) is 22.8. The molecule has 0 aliphatic heterocycles. The summed E-state index contributed by atoms with van der Waals surface area (Å²) in [4.78, 5) is 14.5. The SMILES string of the molecule is CC1CCC(Nc2cc([N+](=O)[O-])cc(NN)n2)C1. The van der Waals surface area contributed by atoms with Crippen LogP contribution in [0.3, 0.4) is 0 Å². The Labute approximate surface area is 105 Å². The first-order chi connectivity index (χ1) is 8.58. The number of nitrogen functional groups attached to an aromatic ring is 1. The van der Waals surface area contributed by atoms with Crippen molar-refractivity contribution >= 4 is 17.3 Å². The van der Waals surface area contributed by atoms with Crippen LogP contribution >= 0.6 is 0 Å². The van der Waals surface area contributed by atoms with Gasteiger partial charge in [0.2, 0.25) is 0 Å². The van der Waals surface area contributed by atoms with Crippen molar-refractivity contribution in [2.75, 3.05) is 10.7 Å². The molecule has 0 spiro atoms. The lowest BCUT2D eigenvalue weighted by atomic mass is 10.1. The van der Waals surface area contributed by atoms with Crippen molar-refractivity contribution < 1.29 is 4.92 Å². The quantitative estimate of drug-likeness (QED) is 0.428. The van der Waals surface area contributed by atoms with E-state index in [0.717, 1.165) is 12.8 Å². The van der Waals surface area contributed by atoms with Gasteiger partial charge in [-0.1, -0.05) is 6.92 Å². The van der Waals surface area contributed by atoms with Crippen LogP contribution in [0.25, 0.3) is 0 Å². The summed E-state index contributed by atoms with van der Waals surface area (Å²) in [5.74, 6) is 6.73. The molecule has 7 nitrogen and oxygen atoms in total. The third-order valence-corrected chi connectivity index (χ3v) is 3.22. The summed E-state index contributed by atoms with van der Waals surface area (Å²) < 4.78 is 0. The van der Waals surface area contributed by atoms with E-state index >= 15 is 0 Å². The molecule has 0 saturated heterocycles. The van der Waals surface area contributed by atoms with Gasteiger partial charge in [-0.05, 0) is 25.2 Å². The van der Waals surface area contributed by atoms with Crippen LogP contribution in [0.2, 0.25) is 0 Å². The van der Waals surface area contributed by atoms with Gasteiger partial charge in [-0.3, -0.25) is 10.1 Å². The van der Waals surface area contributed by atoms with Crippen molar-refractivity contribution in [3.05, 3.63) is 22.2 Å². The number of aromatic nitrogens is 1. The Hall–Kier alpha value is -1.89. The van der Waals surface area contributed by atoms with E-state index in [-0.39, 0.29) is 11.5 Å². The van der Waals surface area contributed by atoms with Crippen molar-refractivity contribution in [3.8, 4) is 0 Å². The first-order valence-corrected chi connectivity index (χ1v) is 5.98. The van der Waals surface area contributed by atoms with Crippen molar-refractivity contribution in [2.24, 2.45) is 11.8 Å². The van der Waals surface area contributed by atoms with Crippen LogP contribution in [-0.2, 0) is 0 Å². The molecule has 98 valence electrons. The fourth-order valence-electron chi connectivity index (χ4n) is 2.32. The molecule has 1 aliphatic rings. The molecule has 1 heterocycles. The molecule has 2 atom stereocenters. The highest BCUT2D eigenvalue weighted by Gasteiger charge is 2.22. The molecule has 7 heteroatoms.